The Hall–Kier alpha value is -1.32. The van der Waals surface area contributed by atoms with Gasteiger partial charge in [0.25, 0.3) is 0 Å². The number of nitrogens with two attached hydrogens (primary N) is 1. The molecule has 1 aromatic heterocycles. The summed E-state index contributed by atoms with van der Waals surface area (Å²) < 4.78 is 0. The molecule has 0 aliphatic heterocycles. The lowest BCUT2D eigenvalue weighted by atomic mass is 10.1. The van der Waals surface area contributed by atoms with Gasteiger partial charge < -0.3 is 10.7 Å². The summed E-state index contributed by atoms with van der Waals surface area (Å²) in [7, 11) is 0. The van der Waals surface area contributed by atoms with Crippen LogP contribution in [0.15, 0.2) is 18.2 Å². The fourth-order valence-corrected chi connectivity index (χ4v) is 1.99. The summed E-state index contributed by atoms with van der Waals surface area (Å²) >= 11 is 6.02. The van der Waals surface area contributed by atoms with Gasteiger partial charge in [-0.1, -0.05) is 23.7 Å². The molecule has 78 valence electrons. The number of nitrogens with one attached hydrogen (secondary N) is 1. The van der Waals surface area contributed by atoms with E-state index in [-0.39, 0.29) is 12.3 Å². The Morgan fingerprint density at radius 1 is 1.53 bits per heavy atom. The topological polar surface area (TPSA) is 58.9 Å². The van der Waals surface area contributed by atoms with E-state index in [9.17, 15) is 4.79 Å². The predicted molar refractivity (Wildman–Crippen MR) is 61.4 cm³/mol. The molecule has 3 N–H and O–H groups in total. The molecule has 0 radical (unpaired) electrons. The maximum absolute atomic E-state index is 11.6. The molecule has 0 amide bonds. The molecular weight excluding hydrogens is 212 g/mol. The largest absolute Gasteiger partial charge is 0.357 e. The van der Waals surface area contributed by atoms with Gasteiger partial charge in [-0.15, -0.1) is 0 Å². The number of carbonyl (C=O) groups is 1. The zero-order valence-corrected chi connectivity index (χ0v) is 9.06. The number of halogens is 1. The summed E-state index contributed by atoms with van der Waals surface area (Å²) in [5.74, 6) is -0.0685. The maximum atomic E-state index is 11.6. The second-order valence-electron chi connectivity index (χ2n) is 3.41. The van der Waals surface area contributed by atoms with Crippen molar-refractivity contribution in [2.24, 2.45) is 5.73 Å². The second kappa shape index (κ2) is 3.68. The zero-order valence-electron chi connectivity index (χ0n) is 8.30. The van der Waals surface area contributed by atoms with Gasteiger partial charge in [-0.05, 0) is 13.0 Å². The van der Waals surface area contributed by atoms with Gasteiger partial charge in [-0.2, -0.15) is 0 Å². The first-order valence-corrected chi connectivity index (χ1v) is 5.03. The molecule has 0 aliphatic rings. The van der Waals surface area contributed by atoms with Crippen molar-refractivity contribution in [3.8, 4) is 0 Å². The minimum atomic E-state index is -0.0685. The smallest absolute Gasteiger partial charge is 0.178 e. The molecule has 4 heteroatoms. The van der Waals surface area contributed by atoms with Crippen LogP contribution < -0.4 is 5.73 Å². The highest BCUT2D eigenvalue weighted by Crippen LogP contribution is 2.27. The molecule has 1 aromatic carbocycles. The predicted octanol–water partition coefficient (Wildman–Crippen LogP) is 2.27. The van der Waals surface area contributed by atoms with Crippen LogP contribution in [-0.4, -0.2) is 17.3 Å². The van der Waals surface area contributed by atoms with Crippen LogP contribution in [0.2, 0.25) is 5.02 Å². The number of benzene rings is 1. The van der Waals surface area contributed by atoms with E-state index >= 15 is 0 Å². The third kappa shape index (κ3) is 1.54. The summed E-state index contributed by atoms with van der Waals surface area (Å²) in [6.07, 6.45) is 0. The lowest BCUT2D eigenvalue weighted by Gasteiger charge is -1.97. The third-order valence-electron chi connectivity index (χ3n) is 2.43. The number of hydrogen-bond donors (Lipinski definition) is 2. The van der Waals surface area contributed by atoms with E-state index in [4.69, 9.17) is 17.3 Å². The van der Waals surface area contributed by atoms with Gasteiger partial charge in [-0.3, -0.25) is 4.79 Å². The first kappa shape index (κ1) is 10.2. The van der Waals surface area contributed by atoms with E-state index in [2.05, 4.69) is 4.98 Å². The standard InChI is InChI=1S/C11H11ClN2O/c1-6-10(9(15)5-13)7-3-2-4-8(12)11(7)14-6/h2-4,14H,5,13H2,1H3. The monoisotopic (exact) mass is 222 g/mol. The number of para-hydroxylation sites is 1. The van der Waals surface area contributed by atoms with Gasteiger partial charge in [0.15, 0.2) is 5.78 Å². The minimum absolute atomic E-state index is 0.0142. The van der Waals surface area contributed by atoms with Crippen molar-refractivity contribution in [1.29, 1.82) is 0 Å². The number of ketones is 1. The highest BCUT2D eigenvalue weighted by molar-refractivity contribution is 6.35. The summed E-state index contributed by atoms with van der Waals surface area (Å²) in [6, 6.07) is 5.48. The van der Waals surface area contributed by atoms with Gasteiger partial charge in [0.1, 0.15) is 0 Å². The fourth-order valence-electron chi connectivity index (χ4n) is 1.77. The molecule has 3 nitrogen and oxygen atoms in total. The van der Waals surface area contributed by atoms with Gasteiger partial charge in [0, 0.05) is 16.6 Å². The first-order valence-electron chi connectivity index (χ1n) is 4.65. The number of H-pyrrole nitrogens is 1. The molecule has 0 saturated heterocycles. The van der Waals surface area contributed by atoms with Crippen LogP contribution in [0.5, 0.6) is 0 Å². The summed E-state index contributed by atoms with van der Waals surface area (Å²) in [6.45, 7) is 1.86. The summed E-state index contributed by atoms with van der Waals surface area (Å²) in [5.41, 5.74) is 7.63. The van der Waals surface area contributed by atoms with E-state index in [1.54, 1.807) is 6.07 Å². The van der Waals surface area contributed by atoms with E-state index in [1.165, 1.54) is 0 Å². The normalized spacial score (nSPS) is 10.9. The second-order valence-corrected chi connectivity index (χ2v) is 3.82. The Bertz CT molecular complexity index is 531. The number of Topliss-reactive ketones (excluding diaryl/α,β-unsaturated/α-hetero) is 1. The fraction of sp³-hybridized carbons (Fsp3) is 0.182. The molecule has 0 bridgehead atoms. The van der Waals surface area contributed by atoms with Crippen molar-refractivity contribution in [3.63, 3.8) is 0 Å². The molecule has 0 atom stereocenters. The molecule has 15 heavy (non-hydrogen) atoms. The van der Waals surface area contributed by atoms with Crippen LogP contribution in [0.4, 0.5) is 0 Å². The summed E-state index contributed by atoms with van der Waals surface area (Å²) in [5, 5.41) is 1.46. The quantitative estimate of drug-likeness (QED) is 0.766. The van der Waals surface area contributed by atoms with Crippen molar-refractivity contribution >= 4 is 28.3 Å². The first-order chi connectivity index (χ1) is 7.15. The average molecular weight is 223 g/mol. The number of hydrogen-bond acceptors (Lipinski definition) is 2. The lowest BCUT2D eigenvalue weighted by Crippen LogP contribution is -2.14. The number of rotatable bonds is 2. The van der Waals surface area contributed by atoms with Crippen molar-refractivity contribution in [3.05, 3.63) is 34.5 Å². The Kier molecular flexibility index (Phi) is 2.50. The number of aromatic nitrogens is 1. The van der Waals surface area contributed by atoms with Gasteiger partial charge in [-0.25, -0.2) is 0 Å². The molecule has 0 saturated carbocycles. The van der Waals surface area contributed by atoms with E-state index in [0.29, 0.717) is 10.6 Å². The van der Waals surface area contributed by atoms with Crippen molar-refractivity contribution in [2.75, 3.05) is 6.54 Å². The molecule has 0 spiro atoms. The molecule has 2 aromatic rings. The van der Waals surface area contributed by atoms with Crippen LogP contribution in [0.25, 0.3) is 10.9 Å². The number of carbonyl (C=O) groups excluding carboxylic acids is 1. The highest BCUT2D eigenvalue weighted by atomic mass is 35.5. The summed E-state index contributed by atoms with van der Waals surface area (Å²) in [4.78, 5) is 14.7. The third-order valence-corrected chi connectivity index (χ3v) is 2.75. The maximum Gasteiger partial charge on any atom is 0.178 e. The van der Waals surface area contributed by atoms with Gasteiger partial charge in [0.2, 0.25) is 0 Å². The molecular formula is C11H11ClN2O. The molecule has 0 aliphatic carbocycles. The van der Waals surface area contributed by atoms with E-state index in [1.807, 2.05) is 19.1 Å². The zero-order chi connectivity index (χ0) is 11.0. The van der Waals surface area contributed by atoms with Crippen LogP contribution in [0, 0.1) is 6.92 Å². The Morgan fingerprint density at radius 2 is 2.27 bits per heavy atom. The van der Waals surface area contributed by atoms with Crippen LogP contribution in [0.1, 0.15) is 16.1 Å². The Labute approximate surface area is 92.2 Å². The highest BCUT2D eigenvalue weighted by Gasteiger charge is 2.15. The minimum Gasteiger partial charge on any atom is -0.357 e. The van der Waals surface area contributed by atoms with Crippen LogP contribution >= 0.6 is 11.6 Å². The van der Waals surface area contributed by atoms with Crippen molar-refractivity contribution in [2.45, 2.75) is 6.92 Å². The Morgan fingerprint density at radius 3 is 2.93 bits per heavy atom. The number of fused-ring (bicyclic) bond motifs is 1. The van der Waals surface area contributed by atoms with Gasteiger partial charge >= 0.3 is 0 Å². The SMILES string of the molecule is Cc1[nH]c2c(Cl)cccc2c1C(=O)CN. The molecule has 0 unspecified atom stereocenters. The molecule has 2 rings (SSSR count). The Balaban J connectivity index is 2.79. The van der Waals surface area contributed by atoms with Crippen molar-refractivity contribution < 1.29 is 4.79 Å². The molecule has 1 heterocycles. The lowest BCUT2D eigenvalue weighted by molar-refractivity contribution is 0.100. The average Bonchev–Trinajstić information content (AvgIpc) is 2.55. The van der Waals surface area contributed by atoms with E-state index < -0.39 is 0 Å². The number of aryl methyl sites for hydroxylation is 1. The van der Waals surface area contributed by atoms with E-state index in [0.717, 1.165) is 16.6 Å². The van der Waals surface area contributed by atoms with Crippen molar-refractivity contribution in [1.82, 2.24) is 4.98 Å². The van der Waals surface area contributed by atoms with Gasteiger partial charge in [0.05, 0.1) is 17.1 Å². The van der Waals surface area contributed by atoms with Crippen LogP contribution in [-0.2, 0) is 0 Å². The molecule has 0 fully saturated rings. The number of aromatic amines is 1. The van der Waals surface area contributed by atoms with Crippen LogP contribution in [0.3, 0.4) is 0 Å².